The molecule has 4 atom stereocenters. The van der Waals surface area contributed by atoms with Crippen LogP contribution in [0.1, 0.15) is 64.1 Å². The van der Waals surface area contributed by atoms with E-state index in [9.17, 15) is 22.8 Å². The molecule has 1 aromatic heterocycles. The number of pyridine rings is 1. The maximum atomic E-state index is 15.4. The largest absolute Gasteiger partial charge is 0.487 e. The highest BCUT2D eigenvalue weighted by Crippen LogP contribution is 2.49. The predicted octanol–water partition coefficient (Wildman–Crippen LogP) is 5.90. The highest BCUT2D eigenvalue weighted by molar-refractivity contribution is 7.81. The number of benzene rings is 1. The summed E-state index contributed by atoms with van der Waals surface area (Å²) >= 11 is 5.65. The minimum absolute atomic E-state index is 0.0126. The molecule has 7 rings (SSSR count). The van der Waals surface area contributed by atoms with Crippen LogP contribution in [-0.2, 0) is 15.7 Å². The normalized spacial score (nSPS) is 25.8. The zero-order valence-electron chi connectivity index (χ0n) is 24.1. The van der Waals surface area contributed by atoms with Crippen molar-refractivity contribution in [1.29, 1.82) is 5.26 Å². The van der Waals surface area contributed by atoms with E-state index in [1.807, 2.05) is 0 Å². The van der Waals surface area contributed by atoms with Crippen LogP contribution in [0.4, 0.5) is 33.7 Å². The molecule has 4 heterocycles. The molecule has 1 spiro atoms. The fourth-order valence-corrected chi connectivity index (χ4v) is 6.90. The predicted molar refractivity (Wildman–Crippen MR) is 154 cm³/mol. The molecule has 0 N–H and O–H groups in total. The minimum Gasteiger partial charge on any atom is -0.487 e. The standard InChI is InChI=1S/C30H29F4N5O4S/c1-28(2,3)43-27(41)37-17-12-22(37)24(31)23(13-17)42-19-7-5-16(6-8-19)39-26(44)38(25(40)29(39)9-4-10-29)18-11-20(30(32,33)34)21(14-35)36-15-18/h5-8,11,15,17,22-24H,4,9-10,12-13H2,1-3H3. The molecule has 5 fully saturated rings. The molecule has 5 aliphatic rings. The lowest BCUT2D eigenvalue weighted by molar-refractivity contribution is -0.138. The molecule has 14 heteroatoms. The third-order valence-electron chi connectivity index (χ3n) is 8.61. The maximum absolute atomic E-state index is 15.4. The number of halogens is 4. The summed E-state index contributed by atoms with van der Waals surface area (Å²) in [6.07, 6.45) is -4.07. The van der Waals surface area contributed by atoms with Crippen molar-refractivity contribution < 1.29 is 36.6 Å². The molecule has 9 nitrogen and oxygen atoms in total. The van der Waals surface area contributed by atoms with Crippen LogP contribution >= 0.6 is 12.2 Å². The van der Waals surface area contributed by atoms with Crippen molar-refractivity contribution >= 4 is 40.7 Å². The van der Waals surface area contributed by atoms with Crippen LogP contribution in [0.3, 0.4) is 0 Å². The van der Waals surface area contributed by atoms with Crippen LogP contribution in [0.2, 0.25) is 0 Å². The lowest BCUT2D eigenvalue weighted by Crippen LogP contribution is -2.70. The number of hydrogen-bond acceptors (Lipinski definition) is 7. The molecule has 2 amide bonds. The van der Waals surface area contributed by atoms with Crippen LogP contribution < -0.4 is 14.5 Å². The SMILES string of the molecule is CC(C)(C)OC(=O)N1C2CC(Oc3ccc(N4C(=S)N(c5cnc(C#N)c(C(F)(F)F)c5)C(=O)C45CCC5)cc3)C(F)C1C2. The lowest BCUT2D eigenvalue weighted by atomic mass is 9.75. The minimum atomic E-state index is -4.85. The summed E-state index contributed by atoms with van der Waals surface area (Å²) in [4.78, 5) is 34.0. The van der Waals surface area contributed by atoms with E-state index in [0.717, 1.165) is 17.5 Å². The second kappa shape index (κ2) is 10.3. The van der Waals surface area contributed by atoms with Gasteiger partial charge in [-0.05, 0) is 89.0 Å². The molecule has 0 radical (unpaired) electrons. The Labute approximate surface area is 256 Å². The molecule has 2 bridgehead atoms. The van der Waals surface area contributed by atoms with Gasteiger partial charge in [-0.2, -0.15) is 18.4 Å². The number of anilines is 2. The lowest BCUT2D eigenvalue weighted by Gasteiger charge is -2.55. The van der Waals surface area contributed by atoms with Crippen molar-refractivity contribution in [2.75, 3.05) is 9.80 Å². The van der Waals surface area contributed by atoms with Gasteiger partial charge in [0, 0.05) is 18.2 Å². The van der Waals surface area contributed by atoms with Gasteiger partial charge in [0.05, 0.1) is 23.5 Å². The number of carbonyl (C=O) groups is 2. The number of piperidine rings is 1. The summed E-state index contributed by atoms with van der Waals surface area (Å²) < 4.78 is 67.7. The molecule has 44 heavy (non-hydrogen) atoms. The van der Waals surface area contributed by atoms with Gasteiger partial charge in [0.1, 0.15) is 29.1 Å². The summed E-state index contributed by atoms with van der Waals surface area (Å²) in [5.74, 6) is -0.0847. The monoisotopic (exact) mass is 631 g/mol. The molecule has 1 aromatic carbocycles. The molecular weight excluding hydrogens is 602 g/mol. The van der Waals surface area contributed by atoms with E-state index < -0.39 is 58.9 Å². The fraction of sp³-hybridized carbons (Fsp3) is 0.500. The summed E-state index contributed by atoms with van der Waals surface area (Å²) in [5.41, 5.74) is -3.46. The number of carbonyl (C=O) groups excluding carboxylic acids is 2. The summed E-state index contributed by atoms with van der Waals surface area (Å²) in [7, 11) is 0. The molecule has 2 saturated carbocycles. The Morgan fingerprint density at radius 2 is 1.82 bits per heavy atom. The van der Waals surface area contributed by atoms with E-state index in [2.05, 4.69) is 4.98 Å². The first kappa shape index (κ1) is 30.1. The molecule has 2 aromatic rings. The number of hydrogen-bond donors (Lipinski definition) is 0. The number of amides is 2. The van der Waals surface area contributed by atoms with Crippen LogP contribution in [0.5, 0.6) is 5.75 Å². The van der Waals surface area contributed by atoms with Crippen molar-refractivity contribution in [1.82, 2.24) is 9.88 Å². The second-order valence-corrected chi connectivity index (χ2v) is 12.9. The molecular formula is C30H29F4N5O4S. The van der Waals surface area contributed by atoms with Crippen molar-refractivity contribution in [3.05, 3.63) is 47.8 Å². The van der Waals surface area contributed by atoms with Gasteiger partial charge in [-0.25, -0.2) is 14.2 Å². The highest BCUT2D eigenvalue weighted by Gasteiger charge is 2.60. The van der Waals surface area contributed by atoms with Gasteiger partial charge in [-0.15, -0.1) is 0 Å². The number of fused-ring (bicyclic) bond motifs is 2. The number of rotatable bonds is 4. The zero-order valence-corrected chi connectivity index (χ0v) is 24.9. The summed E-state index contributed by atoms with van der Waals surface area (Å²) in [5, 5.41) is 9.10. The maximum Gasteiger partial charge on any atom is 0.419 e. The number of nitrogens with zero attached hydrogens (tertiary/aromatic N) is 5. The van der Waals surface area contributed by atoms with Crippen LogP contribution in [0, 0.1) is 11.3 Å². The smallest absolute Gasteiger partial charge is 0.419 e. The third kappa shape index (κ3) is 4.81. The first-order valence-electron chi connectivity index (χ1n) is 14.2. The zero-order chi connectivity index (χ0) is 31.8. The second-order valence-electron chi connectivity index (χ2n) is 12.5. The van der Waals surface area contributed by atoms with E-state index in [4.69, 9.17) is 27.0 Å². The number of alkyl halides is 4. The first-order chi connectivity index (χ1) is 20.6. The van der Waals surface area contributed by atoms with Crippen molar-refractivity contribution in [2.24, 2.45) is 0 Å². The summed E-state index contributed by atoms with van der Waals surface area (Å²) in [6, 6.07) is 7.93. The number of nitriles is 1. The molecule has 2 aliphatic carbocycles. The molecule has 4 unspecified atom stereocenters. The van der Waals surface area contributed by atoms with Gasteiger partial charge >= 0.3 is 12.3 Å². The van der Waals surface area contributed by atoms with Crippen molar-refractivity contribution in [3.8, 4) is 11.8 Å². The topological polar surface area (TPSA) is 99.0 Å². The van der Waals surface area contributed by atoms with Gasteiger partial charge in [0.15, 0.2) is 17.0 Å². The molecule has 232 valence electrons. The van der Waals surface area contributed by atoms with Crippen LogP contribution in [-0.4, -0.2) is 62.5 Å². The van der Waals surface area contributed by atoms with Gasteiger partial charge in [-0.3, -0.25) is 14.6 Å². The average Bonchev–Trinajstić information content (AvgIpc) is 3.14. The van der Waals surface area contributed by atoms with Crippen LogP contribution in [0.25, 0.3) is 0 Å². The number of ether oxygens (including phenoxy) is 2. The van der Waals surface area contributed by atoms with Crippen molar-refractivity contribution in [3.63, 3.8) is 0 Å². The Hall–Kier alpha value is -3.99. The Morgan fingerprint density at radius 1 is 1.14 bits per heavy atom. The average molecular weight is 632 g/mol. The third-order valence-corrected chi connectivity index (χ3v) is 8.98. The van der Waals surface area contributed by atoms with Gasteiger partial charge in [0.25, 0.3) is 5.91 Å². The summed E-state index contributed by atoms with van der Waals surface area (Å²) in [6.45, 7) is 5.27. The quantitative estimate of drug-likeness (QED) is 0.304. The molecule has 3 aliphatic heterocycles. The van der Waals surface area contributed by atoms with E-state index >= 15 is 4.39 Å². The van der Waals surface area contributed by atoms with E-state index in [0.29, 0.717) is 43.2 Å². The van der Waals surface area contributed by atoms with Crippen LogP contribution in [0.15, 0.2) is 36.5 Å². The number of thiocarbonyl (C=S) groups is 1. The van der Waals surface area contributed by atoms with Crippen molar-refractivity contribution in [2.45, 2.75) is 94.6 Å². The van der Waals surface area contributed by atoms with E-state index in [1.165, 1.54) is 11.0 Å². The van der Waals surface area contributed by atoms with Gasteiger partial charge in [0.2, 0.25) is 0 Å². The van der Waals surface area contributed by atoms with Gasteiger partial charge in [-0.1, -0.05) is 0 Å². The Kier molecular flexibility index (Phi) is 7.03. The van der Waals surface area contributed by atoms with E-state index in [-0.39, 0.29) is 16.8 Å². The highest BCUT2D eigenvalue weighted by atomic mass is 32.1. The Morgan fingerprint density at radius 3 is 2.36 bits per heavy atom. The Balaban J connectivity index is 1.20. The number of aromatic nitrogens is 1. The van der Waals surface area contributed by atoms with Gasteiger partial charge < -0.3 is 14.4 Å². The first-order valence-corrected chi connectivity index (χ1v) is 14.6. The fourth-order valence-electron chi connectivity index (χ4n) is 6.43. The Bertz CT molecular complexity index is 1570. The molecule has 3 saturated heterocycles. The van der Waals surface area contributed by atoms with E-state index in [1.54, 1.807) is 49.9 Å².